The maximum Gasteiger partial charge on any atom is 0.218 e. The fourth-order valence-corrected chi connectivity index (χ4v) is 6.03. The van der Waals surface area contributed by atoms with Gasteiger partial charge in [-0.25, -0.2) is 8.42 Å². The number of fused-ring (bicyclic) bond motifs is 1. The summed E-state index contributed by atoms with van der Waals surface area (Å²) in [4.78, 5) is 0. The summed E-state index contributed by atoms with van der Waals surface area (Å²) in [6.07, 6.45) is 7.25. The molecule has 6 nitrogen and oxygen atoms in total. The maximum atomic E-state index is 13.2. The number of aromatic nitrogens is 2. The molecule has 0 radical (unpaired) electrons. The van der Waals surface area contributed by atoms with Gasteiger partial charge in [-0.05, 0) is 49.8 Å². The van der Waals surface area contributed by atoms with E-state index < -0.39 is 10.0 Å². The number of rotatable bonds is 8. The normalized spacial score (nSPS) is 17.4. The van der Waals surface area contributed by atoms with Crippen molar-refractivity contribution in [1.29, 1.82) is 0 Å². The second-order valence-corrected chi connectivity index (χ2v) is 9.85. The smallest absolute Gasteiger partial charge is 0.218 e. The standard InChI is InChI=1S/C21H29N3O3S/c1-23-21-13-7-12-19(21)20(22-23)16-24(17-8-5-6-9-17)28(25,26)15-14-27-18-10-3-2-4-11-18/h2-4,10-11,17H,5-9,12-16H2,1H3. The Balaban J connectivity index is 1.49. The molecule has 0 N–H and O–H groups in total. The third-order valence-corrected chi connectivity index (χ3v) is 7.77. The Morgan fingerprint density at radius 2 is 1.89 bits per heavy atom. The third-order valence-electron chi connectivity index (χ3n) is 5.95. The molecule has 2 aliphatic carbocycles. The van der Waals surface area contributed by atoms with E-state index in [1.807, 2.05) is 42.1 Å². The molecule has 7 heteroatoms. The molecule has 0 amide bonds. The van der Waals surface area contributed by atoms with Crippen LogP contribution in [0.1, 0.15) is 49.1 Å². The number of aryl methyl sites for hydroxylation is 1. The van der Waals surface area contributed by atoms with Crippen molar-refractivity contribution in [3.8, 4) is 5.75 Å². The molecule has 1 fully saturated rings. The Morgan fingerprint density at radius 3 is 2.64 bits per heavy atom. The van der Waals surface area contributed by atoms with E-state index in [0.717, 1.165) is 50.6 Å². The Bertz CT molecular complexity index is 902. The van der Waals surface area contributed by atoms with Crippen LogP contribution in [-0.4, -0.2) is 40.9 Å². The Labute approximate surface area is 167 Å². The molecule has 1 aromatic carbocycles. The molecule has 1 aromatic heterocycles. The van der Waals surface area contributed by atoms with E-state index in [1.54, 1.807) is 4.31 Å². The van der Waals surface area contributed by atoms with Gasteiger partial charge >= 0.3 is 0 Å². The van der Waals surface area contributed by atoms with Gasteiger partial charge in [-0.3, -0.25) is 4.68 Å². The summed E-state index contributed by atoms with van der Waals surface area (Å²) >= 11 is 0. The van der Waals surface area contributed by atoms with Crippen molar-refractivity contribution in [3.05, 3.63) is 47.3 Å². The van der Waals surface area contributed by atoms with Crippen LogP contribution >= 0.6 is 0 Å². The number of hydrogen-bond donors (Lipinski definition) is 0. The third kappa shape index (κ3) is 4.10. The van der Waals surface area contributed by atoms with Gasteiger partial charge in [0.25, 0.3) is 0 Å². The first kappa shape index (κ1) is 19.5. The molecule has 152 valence electrons. The van der Waals surface area contributed by atoms with Crippen molar-refractivity contribution in [2.75, 3.05) is 12.4 Å². The molecule has 0 saturated heterocycles. The summed E-state index contributed by atoms with van der Waals surface area (Å²) in [5.41, 5.74) is 3.47. The first-order valence-electron chi connectivity index (χ1n) is 10.3. The van der Waals surface area contributed by atoms with Crippen LogP contribution in [0.4, 0.5) is 0 Å². The van der Waals surface area contributed by atoms with Gasteiger partial charge in [0.2, 0.25) is 10.0 Å². The summed E-state index contributed by atoms with van der Waals surface area (Å²) in [5.74, 6) is 0.695. The topological polar surface area (TPSA) is 64.4 Å². The quantitative estimate of drug-likeness (QED) is 0.680. The molecule has 2 aliphatic rings. The van der Waals surface area contributed by atoms with Crippen molar-refractivity contribution in [2.45, 2.75) is 57.5 Å². The highest BCUT2D eigenvalue weighted by Crippen LogP contribution is 2.31. The van der Waals surface area contributed by atoms with E-state index in [2.05, 4.69) is 5.10 Å². The van der Waals surface area contributed by atoms with Crippen molar-refractivity contribution < 1.29 is 13.2 Å². The van der Waals surface area contributed by atoms with Crippen molar-refractivity contribution >= 4 is 10.0 Å². The predicted molar refractivity (Wildman–Crippen MR) is 109 cm³/mol. The van der Waals surface area contributed by atoms with E-state index in [-0.39, 0.29) is 18.4 Å². The molecule has 1 saturated carbocycles. The summed E-state index contributed by atoms with van der Waals surface area (Å²) in [7, 11) is -1.46. The first-order chi connectivity index (χ1) is 13.5. The Kier molecular flexibility index (Phi) is 5.73. The fraction of sp³-hybridized carbons (Fsp3) is 0.571. The number of benzene rings is 1. The van der Waals surface area contributed by atoms with E-state index in [0.29, 0.717) is 12.3 Å². The van der Waals surface area contributed by atoms with Gasteiger partial charge in [-0.15, -0.1) is 0 Å². The minimum Gasteiger partial charge on any atom is -0.492 e. The monoisotopic (exact) mass is 403 g/mol. The minimum atomic E-state index is -3.42. The van der Waals surface area contributed by atoms with Crippen LogP contribution < -0.4 is 4.74 Å². The molecular formula is C21H29N3O3S. The molecule has 28 heavy (non-hydrogen) atoms. The number of nitrogens with zero attached hydrogens (tertiary/aromatic N) is 3. The zero-order chi connectivity index (χ0) is 19.6. The highest BCUT2D eigenvalue weighted by atomic mass is 32.2. The van der Waals surface area contributed by atoms with Crippen molar-refractivity contribution in [3.63, 3.8) is 0 Å². The van der Waals surface area contributed by atoms with Crippen LogP contribution in [0.15, 0.2) is 30.3 Å². The van der Waals surface area contributed by atoms with Gasteiger partial charge in [-0.2, -0.15) is 9.40 Å². The Hall–Kier alpha value is -1.86. The van der Waals surface area contributed by atoms with Crippen LogP contribution in [0.25, 0.3) is 0 Å². The molecule has 0 bridgehead atoms. The summed E-state index contributed by atoms with van der Waals surface area (Å²) < 4.78 is 35.8. The maximum absolute atomic E-state index is 13.2. The first-order valence-corrected chi connectivity index (χ1v) is 11.9. The zero-order valence-electron chi connectivity index (χ0n) is 16.5. The zero-order valence-corrected chi connectivity index (χ0v) is 17.3. The van der Waals surface area contributed by atoms with Gasteiger partial charge in [0.05, 0.1) is 18.0 Å². The van der Waals surface area contributed by atoms with Crippen LogP contribution in [0, 0.1) is 0 Å². The molecule has 2 aromatic rings. The molecule has 0 atom stereocenters. The number of hydrogen-bond acceptors (Lipinski definition) is 4. The van der Waals surface area contributed by atoms with Gasteiger partial charge in [-0.1, -0.05) is 31.0 Å². The number of ether oxygens (including phenoxy) is 1. The van der Waals surface area contributed by atoms with Crippen LogP contribution in [-0.2, 0) is 36.5 Å². The van der Waals surface area contributed by atoms with Crippen LogP contribution in [0.2, 0.25) is 0 Å². The van der Waals surface area contributed by atoms with Gasteiger partial charge in [0.15, 0.2) is 0 Å². The molecule has 0 aliphatic heterocycles. The van der Waals surface area contributed by atoms with E-state index >= 15 is 0 Å². The molecule has 1 heterocycles. The van der Waals surface area contributed by atoms with Crippen LogP contribution in [0.5, 0.6) is 5.75 Å². The molecule has 0 spiro atoms. The van der Waals surface area contributed by atoms with Gasteiger partial charge in [0.1, 0.15) is 12.4 Å². The highest BCUT2D eigenvalue weighted by Gasteiger charge is 2.34. The lowest BCUT2D eigenvalue weighted by molar-refractivity contribution is 0.300. The number of para-hydroxylation sites is 1. The Morgan fingerprint density at radius 1 is 1.14 bits per heavy atom. The lowest BCUT2D eigenvalue weighted by Gasteiger charge is -2.27. The molecule has 4 rings (SSSR count). The lowest BCUT2D eigenvalue weighted by Crippen LogP contribution is -2.41. The van der Waals surface area contributed by atoms with Crippen molar-refractivity contribution in [2.24, 2.45) is 7.05 Å². The highest BCUT2D eigenvalue weighted by molar-refractivity contribution is 7.89. The van der Waals surface area contributed by atoms with E-state index in [9.17, 15) is 8.42 Å². The predicted octanol–water partition coefficient (Wildman–Crippen LogP) is 3.06. The average molecular weight is 404 g/mol. The summed E-state index contributed by atoms with van der Waals surface area (Å²) in [6, 6.07) is 9.46. The lowest BCUT2D eigenvalue weighted by atomic mass is 10.2. The molecular weight excluding hydrogens is 374 g/mol. The second kappa shape index (κ2) is 8.25. The number of sulfonamides is 1. The summed E-state index contributed by atoms with van der Waals surface area (Å²) in [6.45, 7) is 0.553. The second-order valence-electron chi connectivity index (χ2n) is 7.81. The van der Waals surface area contributed by atoms with Gasteiger partial charge in [0, 0.05) is 18.8 Å². The van der Waals surface area contributed by atoms with Crippen molar-refractivity contribution in [1.82, 2.24) is 14.1 Å². The van der Waals surface area contributed by atoms with E-state index in [1.165, 1.54) is 11.3 Å². The van der Waals surface area contributed by atoms with E-state index in [4.69, 9.17) is 4.74 Å². The fourth-order valence-electron chi connectivity index (χ4n) is 4.52. The average Bonchev–Trinajstić information content (AvgIpc) is 3.41. The largest absolute Gasteiger partial charge is 0.492 e. The van der Waals surface area contributed by atoms with Gasteiger partial charge < -0.3 is 4.74 Å². The SMILES string of the molecule is Cn1nc(CN(C2CCCC2)S(=O)(=O)CCOc2ccccc2)c2c1CCC2. The van der Waals surface area contributed by atoms with Crippen LogP contribution in [0.3, 0.4) is 0 Å². The minimum absolute atomic E-state index is 0.00653. The summed E-state index contributed by atoms with van der Waals surface area (Å²) in [5, 5.41) is 4.66. The molecule has 0 unspecified atom stereocenters.